The van der Waals surface area contributed by atoms with Crippen molar-refractivity contribution in [2.45, 2.75) is 46.6 Å². The molecule has 6 nitrogen and oxygen atoms in total. The van der Waals surface area contributed by atoms with E-state index in [1.54, 1.807) is 23.5 Å². The van der Waals surface area contributed by atoms with Gasteiger partial charge in [-0.2, -0.15) is 0 Å². The van der Waals surface area contributed by atoms with E-state index < -0.39 is 0 Å². The standard InChI is InChI=1S/C22H25N3O3S/c1-22(2,3)15-9-10-16-17(11-15)29-19-18(16)20(26)25(24-23-19)12-13-5-7-14(8-6-13)21(27)28-4/h5-8,15H,9-12H2,1-4H3/t15-/m0/s1. The van der Waals surface area contributed by atoms with Crippen LogP contribution in [0.5, 0.6) is 0 Å². The number of fused-ring (bicyclic) bond motifs is 3. The number of esters is 1. The average Bonchev–Trinajstić information content (AvgIpc) is 3.08. The molecule has 1 aromatic carbocycles. The normalized spacial score (nSPS) is 16.6. The maximum atomic E-state index is 13.2. The van der Waals surface area contributed by atoms with Gasteiger partial charge in [0.05, 0.1) is 24.6 Å². The van der Waals surface area contributed by atoms with Crippen LogP contribution in [0.4, 0.5) is 0 Å². The van der Waals surface area contributed by atoms with Gasteiger partial charge in [0.15, 0.2) is 4.83 Å². The van der Waals surface area contributed by atoms with Gasteiger partial charge in [0.2, 0.25) is 0 Å². The number of benzene rings is 1. The molecule has 3 aromatic rings. The summed E-state index contributed by atoms with van der Waals surface area (Å²) in [5, 5.41) is 9.24. The van der Waals surface area contributed by atoms with E-state index in [1.807, 2.05) is 12.1 Å². The second-order valence-corrected chi connectivity index (χ2v) is 9.81. The minimum atomic E-state index is -0.381. The Morgan fingerprint density at radius 2 is 2.00 bits per heavy atom. The Morgan fingerprint density at radius 1 is 1.28 bits per heavy atom. The number of thiophene rings is 1. The van der Waals surface area contributed by atoms with Crippen molar-refractivity contribution in [3.8, 4) is 0 Å². The number of ether oxygens (including phenoxy) is 1. The van der Waals surface area contributed by atoms with Crippen molar-refractivity contribution in [3.63, 3.8) is 0 Å². The summed E-state index contributed by atoms with van der Waals surface area (Å²) in [6, 6.07) is 7.00. The zero-order chi connectivity index (χ0) is 20.8. The van der Waals surface area contributed by atoms with Crippen molar-refractivity contribution in [2.75, 3.05) is 7.11 Å². The molecule has 0 N–H and O–H groups in total. The fourth-order valence-corrected chi connectivity index (χ4v) is 5.24. The molecule has 2 heterocycles. The molecule has 0 aliphatic heterocycles. The highest BCUT2D eigenvalue weighted by atomic mass is 32.1. The Hall–Kier alpha value is -2.54. The number of carbonyl (C=O) groups excluding carboxylic acids is 1. The molecule has 0 radical (unpaired) electrons. The number of carbonyl (C=O) groups is 1. The van der Waals surface area contributed by atoms with Gasteiger partial charge in [-0.25, -0.2) is 9.48 Å². The molecule has 0 saturated heterocycles. The molecule has 0 saturated carbocycles. The first kappa shape index (κ1) is 19.8. The van der Waals surface area contributed by atoms with E-state index in [4.69, 9.17) is 4.74 Å². The second-order valence-electron chi connectivity index (χ2n) is 8.73. The molecule has 1 aliphatic carbocycles. The van der Waals surface area contributed by atoms with Crippen LogP contribution in [0.25, 0.3) is 10.2 Å². The number of aryl methyl sites for hydroxylation is 1. The fraction of sp³-hybridized carbons (Fsp3) is 0.455. The first-order valence-corrected chi connectivity index (χ1v) is 10.6. The van der Waals surface area contributed by atoms with Gasteiger partial charge >= 0.3 is 5.97 Å². The van der Waals surface area contributed by atoms with Gasteiger partial charge in [-0.15, -0.1) is 16.4 Å². The molecule has 152 valence electrons. The quantitative estimate of drug-likeness (QED) is 0.612. The second kappa shape index (κ2) is 7.37. The van der Waals surface area contributed by atoms with Gasteiger partial charge in [0.1, 0.15) is 0 Å². The predicted molar refractivity (Wildman–Crippen MR) is 114 cm³/mol. The van der Waals surface area contributed by atoms with Gasteiger partial charge < -0.3 is 4.74 Å². The summed E-state index contributed by atoms with van der Waals surface area (Å²) < 4.78 is 6.13. The highest BCUT2D eigenvalue weighted by Crippen LogP contribution is 2.41. The minimum absolute atomic E-state index is 0.0845. The monoisotopic (exact) mass is 411 g/mol. The zero-order valence-electron chi connectivity index (χ0n) is 17.2. The van der Waals surface area contributed by atoms with Crippen molar-refractivity contribution < 1.29 is 9.53 Å². The number of rotatable bonds is 3. The van der Waals surface area contributed by atoms with E-state index in [1.165, 1.54) is 22.2 Å². The van der Waals surface area contributed by atoms with Crippen LogP contribution in [0.15, 0.2) is 29.1 Å². The molecule has 7 heteroatoms. The first-order valence-electron chi connectivity index (χ1n) is 9.83. The molecular formula is C22H25N3O3S. The van der Waals surface area contributed by atoms with Gasteiger partial charge in [0.25, 0.3) is 5.56 Å². The molecule has 1 aliphatic rings. The van der Waals surface area contributed by atoms with E-state index in [0.29, 0.717) is 18.0 Å². The van der Waals surface area contributed by atoms with Gasteiger partial charge in [-0.05, 0) is 53.9 Å². The number of aromatic nitrogens is 3. The molecule has 2 aromatic heterocycles. The van der Waals surface area contributed by atoms with Crippen molar-refractivity contribution in [1.29, 1.82) is 0 Å². The van der Waals surface area contributed by atoms with Crippen LogP contribution in [0, 0.1) is 11.3 Å². The van der Waals surface area contributed by atoms with Crippen LogP contribution in [0.2, 0.25) is 0 Å². The lowest BCUT2D eigenvalue weighted by molar-refractivity contribution is 0.0600. The van der Waals surface area contributed by atoms with E-state index in [0.717, 1.165) is 35.0 Å². The number of hydrogen-bond donors (Lipinski definition) is 0. The molecule has 4 rings (SSSR count). The van der Waals surface area contributed by atoms with Gasteiger partial charge in [0, 0.05) is 4.88 Å². The smallest absolute Gasteiger partial charge is 0.337 e. The van der Waals surface area contributed by atoms with Crippen LogP contribution < -0.4 is 5.56 Å². The molecule has 0 amide bonds. The summed E-state index contributed by atoms with van der Waals surface area (Å²) in [7, 11) is 1.35. The highest BCUT2D eigenvalue weighted by Gasteiger charge is 2.31. The lowest BCUT2D eigenvalue weighted by Crippen LogP contribution is -2.28. The third kappa shape index (κ3) is 3.71. The topological polar surface area (TPSA) is 74.1 Å². The Balaban J connectivity index is 1.65. The summed E-state index contributed by atoms with van der Waals surface area (Å²) in [5.74, 6) is 0.236. The molecule has 1 atom stereocenters. The fourth-order valence-electron chi connectivity index (χ4n) is 4.01. The molecule has 29 heavy (non-hydrogen) atoms. The maximum absolute atomic E-state index is 13.2. The lowest BCUT2D eigenvalue weighted by Gasteiger charge is -2.33. The van der Waals surface area contributed by atoms with Gasteiger partial charge in [-0.3, -0.25) is 4.79 Å². The lowest BCUT2D eigenvalue weighted by atomic mass is 9.72. The van der Waals surface area contributed by atoms with Crippen LogP contribution >= 0.6 is 11.3 Å². The van der Waals surface area contributed by atoms with Crippen LogP contribution in [-0.2, 0) is 24.1 Å². The average molecular weight is 412 g/mol. The van der Waals surface area contributed by atoms with Crippen molar-refractivity contribution in [1.82, 2.24) is 15.0 Å². The summed E-state index contributed by atoms with van der Waals surface area (Å²) >= 11 is 1.62. The Labute approximate surface area is 173 Å². The molecule has 0 spiro atoms. The SMILES string of the molecule is COC(=O)c1ccc(Cn2nnc3sc4c(c3c2=O)CC[C@H](C(C)(C)C)C4)cc1. The predicted octanol–water partition coefficient (Wildman–Crippen LogP) is 3.84. The zero-order valence-corrected chi connectivity index (χ0v) is 18.0. The number of nitrogens with zero attached hydrogens (tertiary/aromatic N) is 3. The van der Waals surface area contributed by atoms with Crippen molar-refractivity contribution in [2.24, 2.45) is 11.3 Å². The van der Waals surface area contributed by atoms with Crippen molar-refractivity contribution in [3.05, 3.63) is 56.2 Å². The van der Waals surface area contributed by atoms with Gasteiger partial charge in [-0.1, -0.05) is 38.1 Å². The summed E-state index contributed by atoms with van der Waals surface area (Å²) in [6.45, 7) is 7.18. The number of methoxy groups -OCH3 is 1. The summed E-state index contributed by atoms with van der Waals surface area (Å²) in [4.78, 5) is 26.8. The van der Waals surface area contributed by atoms with Crippen LogP contribution in [0.1, 0.15) is 53.6 Å². The molecule has 0 unspecified atom stereocenters. The summed E-state index contributed by atoms with van der Waals surface area (Å²) in [6.07, 6.45) is 3.03. The minimum Gasteiger partial charge on any atom is -0.465 e. The van der Waals surface area contributed by atoms with E-state index in [2.05, 4.69) is 31.1 Å². The Kier molecular flexibility index (Phi) is 5.02. The summed E-state index contributed by atoms with van der Waals surface area (Å²) in [5.41, 5.74) is 2.70. The van der Waals surface area contributed by atoms with E-state index in [9.17, 15) is 9.59 Å². The first-order chi connectivity index (χ1) is 13.8. The maximum Gasteiger partial charge on any atom is 0.337 e. The molecular weight excluding hydrogens is 386 g/mol. The Morgan fingerprint density at radius 3 is 2.66 bits per heavy atom. The molecule has 0 bridgehead atoms. The van der Waals surface area contributed by atoms with Crippen LogP contribution in [0.3, 0.4) is 0 Å². The Bertz CT molecular complexity index is 1120. The van der Waals surface area contributed by atoms with Crippen LogP contribution in [-0.4, -0.2) is 28.1 Å². The highest BCUT2D eigenvalue weighted by molar-refractivity contribution is 7.18. The number of hydrogen-bond acceptors (Lipinski definition) is 6. The van der Waals surface area contributed by atoms with Crippen molar-refractivity contribution >= 4 is 27.5 Å². The third-order valence-electron chi connectivity index (χ3n) is 5.87. The largest absolute Gasteiger partial charge is 0.465 e. The van der Waals surface area contributed by atoms with E-state index >= 15 is 0 Å². The van der Waals surface area contributed by atoms with E-state index in [-0.39, 0.29) is 16.9 Å². The third-order valence-corrected chi connectivity index (χ3v) is 7.01. The molecule has 0 fully saturated rings.